The van der Waals surface area contributed by atoms with Gasteiger partial charge in [0.05, 0.1) is 4.92 Å². The Bertz CT molecular complexity index is 875. The Morgan fingerprint density at radius 2 is 1.79 bits per heavy atom. The molecule has 0 saturated heterocycles. The van der Waals surface area contributed by atoms with E-state index in [4.69, 9.17) is 11.6 Å². The number of nitrogens with zero attached hydrogens (tertiary/aromatic N) is 4. The van der Waals surface area contributed by atoms with Gasteiger partial charge >= 0.3 is 5.69 Å². The molecule has 2 heterocycles. The third kappa shape index (κ3) is 3.55. The van der Waals surface area contributed by atoms with Crippen LogP contribution in [0.25, 0.3) is 0 Å². The molecule has 0 aliphatic heterocycles. The molecule has 24 heavy (non-hydrogen) atoms. The molecule has 0 fully saturated rings. The van der Waals surface area contributed by atoms with Crippen molar-refractivity contribution in [3.05, 3.63) is 70.1 Å². The molecule has 0 spiro atoms. The fourth-order valence-corrected chi connectivity index (χ4v) is 2.19. The Kier molecular flexibility index (Phi) is 4.48. The number of nitrogens with one attached hydrogen (secondary N) is 2. The highest BCUT2D eigenvalue weighted by atomic mass is 35.5. The largest absolute Gasteiger partial charge is 0.353 e. The lowest BCUT2D eigenvalue weighted by Gasteiger charge is -2.09. The van der Waals surface area contributed by atoms with Crippen molar-refractivity contribution >= 4 is 40.4 Å². The lowest BCUT2D eigenvalue weighted by Crippen LogP contribution is -2.06. The van der Waals surface area contributed by atoms with E-state index >= 15 is 0 Å². The summed E-state index contributed by atoms with van der Waals surface area (Å²) in [4.78, 5) is 22.9. The van der Waals surface area contributed by atoms with E-state index in [9.17, 15) is 10.1 Å². The summed E-state index contributed by atoms with van der Waals surface area (Å²) in [6.45, 7) is 0. The quantitative estimate of drug-likeness (QED) is 0.534. The van der Waals surface area contributed by atoms with Crippen molar-refractivity contribution in [2.45, 2.75) is 0 Å². The van der Waals surface area contributed by atoms with Crippen molar-refractivity contribution in [2.75, 3.05) is 10.6 Å². The number of aromatic nitrogens is 3. The first-order chi connectivity index (χ1) is 11.6. The lowest BCUT2D eigenvalue weighted by molar-refractivity contribution is -0.383. The number of halogens is 1. The number of rotatable bonds is 5. The van der Waals surface area contributed by atoms with Crippen molar-refractivity contribution in [1.82, 2.24) is 15.0 Å². The zero-order chi connectivity index (χ0) is 16.9. The number of anilines is 4. The normalized spacial score (nSPS) is 10.2. The van der Waals surface area contributed by atoms with Crippen molar-refractivity contribution in [3.8, 4) is 0 Å². The van der Waals surface area contributed by atoms with Gasteiger partial charge in [0, 0.05) is 16.9 Å². The minimum atomic E-state index is -0.557. The molecule has 0 unspecified atom stereocenters. The molecule has 0 saturated carbocycles. The molecular formula is C15H11ClN6O2. The SMILES string of the molecule is O=[N+]([O-])c1c(Nc2cccc(Cl)c2)ncnc1Nc1ccccn1. The molecule has 1 aromatic carbocycles. The predicted molar refractivity (Wildman–Crippen MR) is 90.9 cm³/mol. The Morgan fingerprint density at radius 1 is 1.00 bits per heavy atom. The summed E-state index contributed by atoms with van der Waals surface area (Å²) >= 11 is 5.92. The van der Waals surface area contributed by atoms with Gasteiger partial charge in [-0.2, -0.15) is 0 Å². The van der Waals surface area contributed by atoms with E-state index in [1.54, 1.807) is 48.7 Å². The van der Waals surface area contributed by atoms with Gasteiger partial charge in [-0.05, 0) is 30.3 Å². The summed E-state index contributed by atoms with van der Waals surface area (Å²) in [5, 5.41) is 17.7. The molecule has 8 nitrogen and oxygen atoms in total. The van der Waals surface area contributed by atoms with Crippen molar-refractivity contribution in [1.29, 1.82) is 0 Å². The minimum Gasteiger partial charge on any atom is -0.334 e. The van der Waals surface area contributed by atoms with Crippen LogP contribution in [0.1, 0.15) is 0 Å². The topological polar surface area (TPSA) is 106 Å². The van der Waals surface area contributed by atoms with Gasteiger partial charge in [0.15, 0.2) is 0 Å². The minimum absolute atomic E-state index is 0.0400. The van der Waals surface area contributed by atoms with Crippen LogP contribution in [0, 0.1) is 10.1 Å². The van der Waals surface area contributed by atoms with Gasteiger partial charge in [-0.1, -0.05) is 23.7 Å². The van der Waals surface area contributed by atoms with E-state index in [1.165, 1.54) is 6.33 Å². The van der Waals surface area contributed by atoms with Gasteiger partial charge in [0.25, 0.3) is 0 Å². The summed E-state index contributed by atoms with van der Waals surface area (Å²) in [5.74, 6) is 0.530. The third-order valence-electron chi connectivity index (χ3n) is 3.00. The fraction of sp³-hybridized carbons (Fsp3) is 0. The first-order valence-corrected chi connectivity index (χ1v) is 7.21. The van der Waals surface area contributed by atoms with Crippen molar-refractivity contribution < 1.29 is 4.92 Å². The second-order valence-corrected chi connectivity index (χ2v) is 5.09. The van der Waals surface area contributed by atoms with Crippen molar-refractivity contribution in [2.24, 2.45) is 0 Å². The molecule has 0 bridgehead atoms. The maximum Gasteiger partial charge on any atom is 0.353 e. The average molecular weight is 343 g/mol. The smallest absolute Gasteiger partial charge is 0.334 e. The monoisotopic (exact) mass is 342 g/mol. The standard InChI is InChI=1S/C15H11ClN6O2/c16-10-4-3-5-11(8-10)20-14-13(22(23)24)15(19-9-18-14)21-12-6-1-2-7-17-12/h1-9H,(H2,17,18,19,20,21). The van der Waals surface area contributed by atoms with Crippen LogP contribution in [0.4, 0.5) is 28.8 Å². The third-order valence-corrected chi connectivity index (χ3v) is 3.24. The summed E-state index contributed by atoms with van der Waals surface area (Å²) in [7, 11) is 0. The van der Waals surface area contributed by atoms with Crippen LogP contribution < -0.4 is 10.6 Å². The summed E-state index contributed by atoms with van der Waals surface area (Å²) in [5.41, 5.74) is 0.288. The van der Waals surface area contributed by atoms with Gasteiger partial charge in [0.1, 0.15) is 12.1 Å². The van der Waals surface area contributed by atoms with Crippen LogP contribution in [0.15, 0.2) is 55.0 Å². The summed E-state index contributed by atoms with van der Waals surface area (Å²) < 4.78 is 0. The van der Waals surface area contributed by atoms with Crippen LogP contribution >= 0.6 is 11.6 Å². The number of nitro groups is 1. The molecule has 2 aromatic heterocycles. The highest BCUT2D eigenvalue weighted by molar-refractivity contribution is 6.30. The maximum atomic E-state index is 11.5. The number of hydrogen-bond acceptors (Lipinski definition) is 7. The van der Waals surface area contributed by atoms with E-state index in [2.05, 4.69) is 25.6 Å². The fourth-order valence-electron chi connectivity index (χ4n) is 2.00. The van der Waals surface area contributed by atoms with Crippen LogP contribution in [0.3, 0.4) is 0 Å². The Balaban J connectivity index is 1.97. The lowest BCUT2D eigenvalue weighted by atomic mass is 10.3. The average Bonchev–Trinajstić information content (AvgIpc) is 2.56. The first-order valence-electron chi connectivity index (χ1n) is 6.83. The van der Waals surface area contributed by atoms with Crippen molar-refractivity contribution in [3.63, 3.8) is 0 Å². The van der Waals surface area contributed by atoms with Crippen LogP contribution in [0.2, 0.25) is 5.02 Å². The molecule has 2 N–H and O–H groups in total. The second kappa shape index (κ2) is 6.88. The van der Waals surface area contributed by atoms with Gasteiger partial charge in [-0.15, -0.1) is 0 Å². The highest BCUT2D eigenvalue weighted by Crippen LogP contribution is 2.32. The van der Waals surface area contributed by atoms with E-state index in [0.717, 1.165) is 0 Å². The number of hydrogen-bond donors (Lipinski definition) is 2. The van der Waals surface area contributed by atoms with Crippen LogP contribution in [-0.4, -0.2) is 19.9 Å². The molecule has 0 atom stereocenters. The molecular weight excluding hydrogens is 332 g/mol. The zero-order valence-electron chi connectivity index (χ0n) is 12.2. The number of pyridine rings is 1. The first kappa shape index (κ1) is 15.6. The summed E-state index contributed by atoms with van der Waals surface area (Å²) in [6, 6.07) is 12.0. The Labute approximate surface area is 141 Å². The summed E-state index contributed by atoms with van der Waals surface area (Å²) in [6.07, 6.45) is 2.80. The highest BCUT2D eigenvalue weighted by Gasteiger charge is 2.23. The molecule has 0 aliphatic rings. The van der Waals surface area contributed by atoms with Gasteiger partial charge in [-0.25, -0.2) is 15.0 Å². The maximum absolute atomic E-state index is 11.5. The molecule has 3 rings (SSSR count). The molecule has 0 aliphatic carbocycles. The molecule has 0 amide bonds. The van der Waals surface area contributed by atoms with Gasteiger partial charge in [0.2, 0.25) is 11.6 Å². The van der Waals surface area contributed by atoms with E-state index in [1.807, 2.05) is 0 Å². The zero-order valence-corrected chi connectivity index (χ0v) is 12.9. The second-order valence-electron chi connectivity index (χ2n) is 4.65. The number of benzene rings is 1. The Morgan fingerprint density at radius 3 is 2.46 bits per heavy atom. The molecule has 3 aromatic rings. The van der Waals surface area contributed by atoms with Gasteiger partial charge in [-0.3, -0.25) is 10.1 Å². The predicted octanol–water partition coefficient (Wildman–Crippen LogP) is 3.92. The molecule has 9 heteroatoms. The van der Waals surface area contributed by atoms with Crippen LogP contribution in [0.5, 0.6) is 0 Å². The molecule has 0 radical (unpaired) electrons. The molecule has 120 valence electrons. The van der Waals surface area contributed by atoms with E-state index in [0.29, 0.717) is 16.5 Å². The Hall–Kier alpha value is -3.26. The van der Waals surface area contributed by atoms with E-state index in [-0.39, 0.29) is 17.3 Å². The van der Waals surface area contributed by atoms with E-state index < -0.39 is 4.92 Å². The van der Waals surface area contributed by atoms with Crippen LogP contribution in [-0.2, 0) is 0 Å². The van der Waals surface area contributed by atoms with Gasteiger partial charge < -0.3 is 10.6 Å².